The second-order valence-electron chi connectivity index (χ2n) is 6.25. The molecule has 1 amide bonds. The molecule has 0 fully saturated rings. The molecular formula is C20H33NO2. The van der Waals surface area contributed by atoms with Gasteiger partial charge in [-0.25, -0.2) is 0 Å². The van der Waals surface area contributed by atoms with Gasteiger partial charge in [0.1, 0.15) is 0 Å². The van der Waals surface area contributed by atoms with Crippen molar-refractivity contribution in [2.75, 3.05) is 6.54 Å². The van der Waals surface area contributed by atoms with E-state index in [4.69, 9.17) is 0 Å². The Morgan fingerprint density at radius 1 is 0.913 bits per heavy atom. The maximum absolute atomic E-state index is 12.1. The number of hydrogen-bond donors (Lipinski definition) is 2. The number of carbonyl (C=O) groups is 1. The molecule has 0 saturated carbocycles. The molecule has 0 unspecified atom stereocenters. The van der Waals surface area contributed by atoms with Crippen LogP contribution < -0.4 is 5.32 Å². The summed E-state index contributed by atoms with van der Waals surface area (Å²) in [4.78, 5) is 12.1. The molecule has 3 heteroatoms. The lowest BCUT2D eigenvalue weighted by Crippen LogP contribution is -2.25. The lowest BCUT2D eigenvalue weighted by molar-refractivity contribution is 0.0950. The van der Waals surface area contributed by atoms with Crippen LogP contribution in [0.2, 0.25) is 0 Å². The Labute approximate surface area is 141 Å². The molecule has 0 aromatic heterocycles. The van der Waals surface area contributed by atoms with Crippen molar-refractivity contribution in [1.29, 1.82) is 0 Å². The Morgan fingerprint density at radius 3 is 2.09 bits per heavy atom. The SMILES string of the molecule is CCCCCCCCCCCCNC(=O)c1ccccc1CO. The number of nitrogens with one attached hydrogen (secondary N) is 1. The number of rotatable bonds is 13. The predicted molar refractivity (Wildman–Crippen MR) is 96.5 cm³/mol. The zero-order valence-corrected chi connectivity index (χ0v) is 14.7. The van der Waals surface area contributed by atoms with Gasteiger partial charge < -0.3 is 10.4 Å². The van der Waals surface area contributed by atoms with Gasteiger partial charge in [-0.1, -0.05) is 82.9 Å². The monoisotopic (exact) mass is 319 g/mol. The highest BCUT2D eigenvalue weighted by Crippen LogP contribution is 2.11. The van der Waals surface area contributed by atoms with Crippen molar-refractivity contribution < 1.29 is 9.90 Å². The molecule has 2 N–H and O–H groups in total. The van der Waals surface area contributed by atoms with Crippen LogP contribution in [0.5, 0.6) is 0 Å². The van der Waals surface area contributed by atoms with Crippen LogP contribution in [0.25, 0.3) is 0 Å². The largest absolute Gasteiger partial charge is 0.392 e. The molecule has 23 heavy (non-hydrogen) atoms. The highest BCUT2D eigenvalue weighted by molar-refractivity contribution is 5.95. The van der Waals surface area contributed by atoms with Gasteiger partial charge in [0.2, 0.25) is 0 Å². The van der Waals surface area contributed by atoms with Gasteiger partial charge in [0.25, 0.3) is 5.91 Å². The van der Waals surface area contributed by atoms with Crippen LogP contribution in [0.15, 0.2) is 24.3 Å². The third-order valence-electron chi connectivity index (χ3n) is 4.25. The van der Waals surface area contributed by atoms with E-state index in [1.54, 1.807) is 12.1 Å². The fourth-order valence-corrected chi connectivity index (χ4v) is 2.79. The summed E-state index contributed by atoms with van der Waals surface area (Å²) < 4.78 is 0. The van der Waals surface area contributed by atoms with E-state index in [1.165, 1.54) is 57.8 Å². The summed E-state index contributed by atoms with van der Waals surface area (Å²) in [6, 6.07) is 7.22. The molecule has 0 spiro atoms. The minimum absolute atomic E-state index is 0.0782. The summed E-state index contributed by atoms with van der Waals surface area (Å²) in [5, 5.41) is 12.2. The minimum atomic E-state index is -0.0954. The van der Waals surface area contributed by atoms with E-state index in [2.05, 4.69) is 12.2 Å². The summed E-state index contributed by atoms with van der Waals surface area (Å²) in [6.45, 7) is 2.87. The quantitative estimate of drug-likeness (QED) is 0.512. The first-order chi connectivity index (χ1) is 11.3. The zero-order valence-electron chi connectivity index (χ0n) is 14.7. The predicted octanol–water partition coefficient (Wildman–Crippen LogP) is 4.83. The number of carbonyl (C=O) groups excluding carboxylic acids is 1. The lowest BCUT2D eigenvalue weighted by atomic mass is 10.1. The van der Waals surface area contributed by atoms with Gasteiger partial charge in [-0.05, 0) is 18.1 Å². The molecule has 0 aliphatic heterocycles. The van der Waals surface area contributed by atoms with Gasteiger partial charge in [0.15, 0.2) is 0 Å². The highest BCUT2D eigenvalue weighted by Gasteiger charge is 2.08. The number of amides is 1. The van der Waals surface area contributed by atoms with Crippen molar-refractivity contribution in [3.8, 4) is 0 Å². The molecule has 0 heterocycles. The average molecular weight is 319 g/mol. The van der Waals surface area contributed by atoms with E-state index in [9.17, 15) is 9.90 Å². The standard InChI is InChI=1S/C20H33NO2/c1-2-3-4-5-6-7-8-9-10-13-16-21-20(23)19-15-12-11-14-18(19)17-22/h11-12,14-15,22H,2-10,13,16-17H2,1H3,(H,21,23). The average Bonchev–Trinajstić information content (AvgIpc) is 2.59. The third-order valence-corrected chi connectivity index (χ3v) is 4.25. The van der Waals surface area contributed by atoms with E-state index in [0.717, 1.165) is 13.0 Å². The van der Waals surface area contributed by atoms with Crippen molar-refractivity contribution in [3.05, 3.63) is 35.4 Å². The maximum Gasteiger partial charge on any atom is 0.251 e. The number of aliphatic hydroxyl groups is 1. The molecule has 0 bridgehead atoms. The fourth-order valence-electron chi connectivity index (χ4n) is 2.79. The minimum Gasteiger partial charge on any atom is -0.392 e. The van der Waals surface area contributed by atoms with Crippen LogP contribution in [0.4, 0.5) is 0 Å². The molecule has 3 nitrogen and oxygen atoms in total. The first-order valence-electron chi connectivity index (χ1n) is 9.26. The Hall–Kier alpha value is -1.35. The van der Waals surface area contributed by atoms with E-state index in [0.29, 0.717) is 11.1 Å². The van der Waals surface area contributed by atoms with Gasteiger partial charge in [-0.2, -0.15) is 0 Å². The van der Waals surface area contributed by atoms with E-state index in [1.807, 2.05) is 12.1 Å². The molecule has 130 valence electrons. The Balaban J connectivity index is 2.01. The number of unbranched alkanes of at least 4 members (excludes halogenated alkanes) is 9. The van der Waals surface area contributed by atoms with E-state index < -0.39 is 0 Å². The second kappa shape index (κ2) is 13.1. The van der Waals surface area contributed by atoms with Crippen LogP contribution in [0, 0.1) is 0 Å². The van der Waals surface area contributed by atoms with Crippen molar-refractivity contribution in [1.82, 2.24) is 5.32 Å². The summed E-state index contributed by atoms with van der Waals surface area (Å²) in [6.07, 6.45) is 13.0. The van der Waals surface area contributed by atoms with Crippen LogP contribution in [-0.4, -0.2) is 17.6 Å². The zero-order chi connectivity index (χ0) is 16.8. The Kier molecular flexibility index (Phi) is 11.2. The molecule has 1 rings (SSSR count). The molecule has 1 aromatic rings. The molecule has 0 aliphatic carbocycles. The molecule has 1 aromatic carbocycles. The van der Waals surface area contributed by atoms with Gasteiger partial charge in [0, 0.05) is 12.1 Å². The molecule has 0 atom stereocenters. The lowest BCUT2D eigenvalue weighted by Gasteiger charge is -2.08. The third kappa shape index (κ3) is 8.75. The van der Waals surface area contributed by atoms with Crippen LogP contribution in [0.3, 0.4) is 0 Å². The van der Waals surface area contributed by atoms with Crippen molar-refractivity contribution in [3.63, 3.8) is 0 Å². The number of aliphatic hydroxyl groups excluding tert-OH is 1. The van der Waals surface area contributed by atoms with Crippen molar-refractivity contribution in [2.45, 2.75) is 77.7 Å². The van der Waals surface area contributed by atoms with Crippen molar-refractivity contribution in [2.24, 2.45) is 0 Å². The van der Waals surface area contributed by atoms with E-state index in [-0.39, 0.29) is 12.5 Å². The molecule has 0 saturated heterocycles. The van der Waals surface area contributed by atoms with Crippen molar-refractivity contribution >= 4 is 5.91 Å². The first-order valence-corrected chi connectivity index (χ1v) is 9.26. The normalized spacial score (nSPS) is 10.7. The molecular weight excluding hydrogens is 286 g/mol. The summed E-state index contributed by atoms with van der Waals surface area (Å²) in [5.74, 6) is -0.0782. The molecule has 0 radical (unpaired) electrons. The number of benzene rings is 1. The van der Waals surface area contributed by atoms with Crippen LogP contribution >= 0.6 is 0 Å². The number of hydrogen-bond acceptors (Lipinski definition) is 2. The Morgan fingerprint density at radius 2 is 1.48 bits per heavy atom. The smallest absolute Gasteiger partial charge is 0.251 e. The molecule has 0 aliphatic rings. The summed E-state index contributed by atoms with van der Waals surface area (Å²) >= 11 is 0. The van der Waals surface area contributed by atoms with Gasteiger partial charge in [-0.15, -0.1) is 0 Å². The summed E-state index contributed by atoms with van der Waals surface area (Å²) in [7, 11) is 0. The maximum atomic E-state index is 12.1. The van der Waals surface area contributed by atoms with Crippen LogP contribution in [0.1, 0.15) is 87.1 Å². The van der Waals surface area contributed by atoms with Gasteiger partial charge >= 0.3 is 0 Å². The first kappa shape index (κ1) is 19.7. The fraction of sp³-hybridized carbons (Fsp3) is 0.650. The summed E-state index contributed by atoms with van der Waals surface area (Å²) in [5.41, 5.74) is 1.27. The topological polar surface area (TPSA) is 49.3 Å². The van der Waals surface area contributed by atoms with Gasteiger partial charge in [0.05, 0.1) is 6.61 Å². The van der Waals surface area contributed by atoms with Gasteiger partial charge in [-0.3, -0.25) is 4.79 Å². The highest BCUT2D eigenvalue weighted by atomic mass is 16.3. The van der Waals surface area contributed by atoms with Crippen LogP contribution in [-0.2, 0) is 6.61 Å². The second-order valence-corrected chi connectivity index (χ2v) is 6.25. The van der Waals surface area contributed by atoms with E-state index >= 15 is 0 Å². The Bertz CT molecular complexity index is 431.